The van der Waals surface area contributed by atoms with Gasteiger partial charge in [-0.25, -0.2) is 0 Å². The van der Waals surface area contributed by atoms with Crippen LogP contribution in [0, 0.1) is 20.8 Å². The van der Waals surface area contributed by atoms with Crippen molar-refractivity contribution in [3.8, 4) is 0 Å². The summed E-state index contributed by atoms with van der Waals surface area (Å²) in [6, 6.07) is 2.58. The standard InChI is InChI=1S/C15H22ClN3S/c1-6-19-14(15(16)11(4)18-19)8-17-10(3)13-7-9(2)20-12(13)5/h7,10,17H,6,8H2,1-5H3. The molecule has 0 saturated heterocycles. The van der Waals surface area contributed by atoms with E-state index >= 15 is 0 Å². The maximum atomic E-state index is 6.34. The molecule has 2 aromatic rings. The average molecular weight is 312 g/mol. The van der Waals surface area contributed by atoms with Crippen LogP contribution in [0.5, 0.6) is 0 Å². The van der Waals surface area contributed by atoms with Crippen LogP contribution in [0.15, 0.2) is 6.07 Å². The maximum Gasteiger partial charge on any atom is 0.0860 e. The first kappa shape index (κ1) is 15.5. The molecule has 2 aromatic heterocycles. The van der Waals surface area contributed by atoms with E-state index in [9.17, 15) is 0 Å². The molecule has 2 rings (SSSR count). The lowest BCUT2D eigenvalue weighted by Gasteiger charge is -2.14. The third-order valence-corrected chi connectivity index (χ3v) is 5.05. The van der Waals surface area contributed by atoms with E-state index in [0.717, 1.165) is 29.5 Å². The van der Waals surface area contributed by atoms with Gasteiger partial charge in [-0.15, -0.1) is 11.3 Å². The summed E-state index contributed by atoms with van der Waals surface area (Å²) in [4.78, 5) is 2.74. The summed E-state index contributed by atoms with van der Waals surface area (Å²) in [5, 5.41) is 8.79. The number of rotatable bonds is 5. The lowest BCUT2D eigenvalue weighted by molar-refractivity contribution is 0.530. The lowest BCUT2D eigenvalue weighted by atomic mass is 10.1. The van der Waals surface area contributed by atoms with Crippen molar-refractivity contribution >= 4 is 22.9 Å². The Morgan fingerprint density at radius 2 is 2.10 bits per heavy atom. The van der Waals surface area contributed by atoms with Gasteiger partial charge in [-0.1, -0.05) is 11.6 Å². The molecule has 110 valence electrons. The van der Waals surface area contributed by atoms with Crippen LogP contribution in [0.25, 0.3) is 0 Å². The second-order valence-corrected chi connectivity index (χ2v) is 6.97. The monoisotopic (exact) mass is 311 g/mol. The van der Waals surface area contributed by atoms with Crippen LogP contribution in [-0.4, -0.2) is 9.78 Å². The smallest absolute Gasteiger partial charge is 0.0860 e. The summed E-state index contributed by atoms with van der Waals surface area (Å²) in [5.74, 6) is 0. The number of nitrogens with zero attached hydrogens (tertiary/aromatic N) is 2. The molecule has 20 heavy (non-hydrogen) atoms. The summed E-state index contributed by atoms with van der Waals surface area (Å²) >= 11 is 8.19. The predicted octanol–water partition coefficient (Wildman–Crippen LogP) is 4.39. The van der Waals surface area contributed by atoms with Crippen molar-refractivity contribution < 1.29 is 0 Å². The second kappa shape index (κ2) is 6.29. The molecular weight excluding hydrogens is 290 g/mol. The second-order valence-electron chi connectivity index (χ2n) is 5.13. The van der Waals surface area contributed by atoms with Crippen molar-refractivity contribution in [3.05, 3.63) is 37.8 Å². The molecule has 0 aromatic carbocycles. The van der Waals surface area contributed by atoms with Crippen molar-refractivity contribution in [2.45, 2.75) is 53.8 Å². The number of nitrogens with one attached hydrogen (secondary N) is 1. The highest BCUT2D eigenvalue weighted by Gasteiger charge is 2.15. The molecule has 0 fully saturated rings. The SMILES string of the molecule is CCn1nc(C)c(Cl)c1CNC(C)c1cc(C)sc1C. The molecule has 0 aliphatic heterocycles. The third kappa shape index (κ3) is 3.08. The maximum absolute atomic E-state index is 6.34. The summed E-state index contributed by atoms with van der Waals surface area (Å²) in [6.07, 6.45) is 0. The molecule has 1 atom stereocenters. The Labute approximate surface area is 130 Å². The number of halogens is 1. The Morgan fingerprint density at radius 3 is 2.65 bits per heavy atom. The molecule has 0 amide bonds. The van der Waals surface area contributed by atoms with Crippen LogP contribution < -0.4 is 5.32 Å². The fourth-order valence-corrected chi connectivity index (χ4v) is 3.70. The predicted molar refractivity (Wildman–Crippen MR) is 86.7 cm³/mol. The lowest BCUT2D eigenvalue weighted by Crippen LogP contribution is -2.20. The number of aromatic nitrogens is 2. The van der Waals surface area contributed by atoms with E-state index in [1.807, 2.05) is 22.9 Å². The number of hydrogen-bond acceptors (Lipinski definition) is 3. The van der Waals surface area contributed by atoms with Gasteiger partial charge in [0.2, 0.25) is 0 Å². The molecule has 0 aliphatic rings. The van der Waals surface area contributed by atoms with Crippen LogP contribution in [0.2, 0.25) is 5.02 Å². The minimum absolute atomic E-state index is 0.316. The molecule has 0 spiro atoms. The number of hydrogen-bond donors (Lipinski definition) is 1. The zero-order valence-electron chi connectivity index (χ0n) is 12.7. The first-order valence-corrected chi connectivity index (χ1v) is 8.15. The molecule has 0 radical (unpaired) electrons. The molecule has 1 unspecified atom stereocenters. The van der Waals surface area contributed by atoms with E-state index in [1.165, 1.54) is 15.3 Å². The fourth-order valence-electron chi connectivity index (χ4n) is 2.48. The van der Waals surface area contributed by atoms with Gasteiger partial charge in [0, 0.05) is 28.9 Å². The van der Waals surface area contributed by atoms with Crippen LogP contribution in [0.3, 0.4) is 0 Å². The molecule has 5 heteroatoms. The number of aryl methyl sites for hydroxylation is 4. The van der Waals surface area contributed by atoms with E-state index in [0.29, 0.717) is 6.04 Å². The minimum atomic E-state index is 0.316. The Morgan fingerprint density at radius 1 is 1.40 bits per heavy atom. The third-order valence-electron chi connectivity index (χ3n) is 3.57. The topological polar surface area (TPSA) is 29.9 Å². The molecule has 0 saturated carbocycles. The van der Waals surface area contributed by atoms with Gasteiger partial charge in [-0.3, -0.25) is 4.68 Å². The zero-order chi connectivity index (χ0) is 14.9. The largest absolute Gasteiger partial charge is 0.304 e. The molecule has 2 heterocycles. The quantitative estimate of drug-likeness (QED) is 0.887. The van der Waals surface area contributed by atoms with E-state index in [-0.39, 0.29) is 0 Å². The van der Waals surface area contributed by atoms with E-state index < -0.39 is 0 Å². The summed E-state index contributed by atoms with van der Waals surface area (Å²) in [6.45, 7) is 12.1. The van der Waals surface area contributed by atoms with Crippen molar-refractivity contribution in [3.63, 3.8) is 0 Å². The summed E-state index contributed by atoms with van der Waals surface area (Å²) in [5.41, 5.74) is 3.35. The normalized spacial score (nSPS) is 12.9. The van der Waals surface area contributed by atoms with Gasteiger partial charge < -0.3 is 5.32 Å². The number of thiophene rings is 1. The van der Waals surface area contributed by atoms with E-state index in [1.54, 1.807) is 0 Å². The van der Waals surface area contributed by atoms with Crippen molar-refractivity contribution in [2.24, 2.45) is 0 Å². The van der Waals surface area contributed by atoms with Gasteiger partial charge in [0.15, 0.2) is 0 Å². The fraction of sp³-hybridized carbons (Fsp3) is 0.533. The van der Waals surface area contributed by atoms with Gasteiger partial charge in [-0.2, -0.15) is 5.10 Å². The van der Waals surface area contributed by atoms with Crippen LogP contribution in [0.4, 0.5) is 0 Å². The Bertz CT molecular complexity index is 601. The van der Waals surface area contributed by atoms with Crippen LogP contribution in [0.1, 0.15) is 46.6 Å². The minimum Gasteiger partial charge on any atom is -0.304 e. The van der Waals surface area contributed by atoms with Gasteiger partial charge in [0.25, 0.3) is 0 Å². The van der Waals surface area contributed by atoms with Gasteiger partial charge in [0.05, 0.1) is 16.4 Å². The van der Waals surface area contributed by atoms with Crippen LogP contribution in [-0.2, 0) is 13.1 Å². The molecule has 3 nitrogen and oxygen atoms in total. The molecular formula is C15H22ClN3S. The van der Waals surface area contributed by atoms with E-state index in [4.69, 9.17) is 11.6 Å². The highest BCUT2D eigenvalue weighted by Crippen LogP contribution is 2.27. The van der Waals surface area contributed by atoms with Gasteiger partial charge in [0.1, 0.15) is 0 Å². The van der Waals surface area contributed by atoms with Crippen molar-refractivity contribution in [1.82, 2.24) is 15.1 Å². The Hall–Kier alpha value is -0.840. The van der Waals surface area contributed by atoms with Gasteiger partial charge in [-0.05, 0) is 46.2 Å². The molecule has 1 N–H and O–H groups in total. The average Bonchev–Trinajstić information content (AvgIpc) is 2.88. The summed E-state index contributed by atoms with van der Waals surface area (Å²) in [7, 11) is 0. The van der Waals surface area contributed by atoms with Crippen molar-refractivity contribution in [1.29, 1.82) is 0 Å². The zero-order valence-corrected chi connectivity index (χ0v) is 14.3. The first-order chi connectivity index (χ1) is 9.43. The van der Waals surface area contributed by atoms with Crippen LogP contribution >= 0.6 is 22.9 Å². The first-order valence-electron chi connectivity index (χ1n) is 6.96. The molecule has 0 bridgehead atoms. The van der Waals surface area contributed by atoms with Crippen molar-refractivity contribution in [2.75, 3.05) is 0 Å². The van der Waals surface area contributed by atoms with E-state index in [2.05, 4.69) is 44.2 Å². The Kier molecular flexibility index (Phi) is 4.89. The highest BCUT2D eigenvalue weighted by molar-refractivity contribution is 7.12. The van der Waals surface area contributed by atoms with Gasteiger partial charge >= 0.3 is 0 Å². The molecule has 0 aliphatic carbocycles. The summed E-state index contributed by atoms with van der Waals surface area (Å²) < 4.78 is 1.98. The Balaban J connectivity index is 2.11. The highest BCUT2D eigenvalue weighted by atomic mass is 35.5.